The maximum atomic E-state index is 4.35. The van der Waals surface area contributed by atoms with Gasteiger partial charge in [-0.25, -0.2) is 0 Å². The zero-order chi connectivity index (χ0) is 10.1. The number of fused-ring (bicyclic) bond motifs is 1. The first-order valence-corrected chi connectivity index (χ1v) is 5.65. The van der Waals surface area contributed by atoms with Crippen LogP contribution in [0.15, 0.2) is 54.7 Å². The zero-order valence-corrected chi connectivity index (χ0v) is 8.87. The molecule has 2 heterocycles. The average molecular weight is 211 g/mol. The highest BCUT2D eigenvalue weighted by Crippen LogP contribution is 2.31. The summed E-state index contributed by atoms with van der Waals surface area (Å²) in [4.78, 5) is 5.59. The summed E-state index contributed by atoms with van der Waals surface area (Å²) >= 11 is 1.79. The second kappa shape index (κ2) is 3.48. The van der Waals surface area contributed by atoms with Gasteiger partial charge in [0.05, 0.1) is 10.6 Å². The van der Waals surface area contributed by atoms with Crippen molar-refractivity contribution in [3.05, 3.63) is 54.7 Å². The van der Waals surface area contributed by atoms with Gasteiger partial charge >= 0.3 is 0 Å². The number of hydrogen-bond donors (Lipinski definition) is 0. The van der Waals surface area contributed by atoms with E-state index in [0.717, 1.165) is 5.69 Å². The van der Waals surface area contributed by atoms with Gasteiger partial charge in [-0.1, -0.05) is 24.3 Å². The summed E-state index contributed by atoms with van der Waals surface area (Å²) in [7, 11) is 0. The van der Waals surface area contributed by atoms with Gasteiger partial charge in [-0.2, -0.15) is 0 Å². The Morgan fingerprint density at radius 2 is 1.80 bits per heavy atom. The minimum absolute atomic E-state index is 1.05. The largest absolute Gasteiger partial charge is 0.255 e. The Balaban J connectivity index is 2.21. The number of nitrogens with zero attached hydrogens (tertiary/aromatic N) is 1. The van der Waals surface area contributed by atoms with Crippen molar-refractivity contribution in [1.29, 1.82) is 0 Å². The van der Waals surface area contributed by atoms with Crippen LogP contribution >= 0.6 is 11.3 Å². The Hall–Kier alpha value is -1.67. The van der Waals surface area contributed by atoms with E-state index in [-0.39, 0.29) is 0 Å². The molecule has 0 saturated carbocycles. The molecular weight excluding hydrogens is 202 g/mol. The lowest BCUT2D eigenvalue weighted by Crippen LogP contribution is -1.75. The SMILES string of the molecule is c1ccc(-c2cc3ccccc3s2)nc1. The molecule has 0 spiro atoms. The minimum Gasteiger partial charge on any atom is -0.255 e. The van der Waals surface area contributed by atoms with E-state index in [1.165, 1.54) is 15.0 Å². The second-order valence-corrected chi connectivity index (χ2v) is 4.45. The smallest absolute Gasteiger partial charge is 0.0802 e. The molecule has 0 unspecified atom stereocenters. The number of aromatic nitrogens is 1. The highest BCUT2D eigenvalue weighted by atomic mass is 32.1. The Morgan fingerprint density at radius 3 is 2.60 bits per heavy atom. The van der Waals surface area contributed by atoms with E-state index >= 15 is 0 Å². The lowest BCUT2D eigenvalue weighted by Gasteiger charge is -1.92. The van der Waals surface area contributed by atoms with Gasteiger partial charge in [0.15, 0.2) is 0 Å². The predicted octanol–water partition coefficient (Wildman–Crippen LogP) is 3.96. The van der Waals surface area contributed by atoms with Crippen molar-refractivity contribution < 1.29 is 0 Å². The van der Waals surface area contributed by atoms with Crippen LogP contribution in [0.4, 0.5) is 0 Å². The van der Waals surface area contributed by atoms with E-state index in [4.69, 9.17) is 0 Å². The van der Waals surface area contributed by atoms with Gasteiger partial charge < -0.3 is 0 Å². The number of pyridine rings is 1. The van der Waals surface area contributed by atoms with Gasteiger partial charge in [0, 0.05) is 10.9 Å². The van der Waals surface area contributed by atoms with Crippen molar-refractivity contribution in [1.82, 2.24) is 4.98 Å². The first kappa shape index (κ1) is 8.62. The molecule has 15 heavy (non-hydrogen) atoms. The molecule has 3 rings (SSSR count). The van der Waals surface area contributed by atoms with E-state index in [0.29, 0.717) is 0 Å². The normalized spacial score (nSPS) is 10.7. The predicted molar refractivity (Wildman–Crippen MR) is 65.1 cm³/mol. The summed E-state index contributed by atoms with van der Waals surface area (Å²) in [6.45, 7) is 0. The van der Waals surface area contributed by atoms with Crippen molar-refractivity contribution in [3.63, 3.8) is 0 Å². The highest BCUT2D eigenvalue weighted by molar-refractivity contribution is 7.22. The van der Waals surface area contributed by atoms with Crippen LogP contribution < -0.4 is 0 Å². The minimum atomic E-state index is 1.05. The lowest BCUT2D eigenvalue weighted by molar-refractivity contribution is 1.34. The summed E-state index contributed by atoms with van der Waals surface area (Å²) in [5.74, 6) is 0. The zero-order valence-electron chi connectivity index (χ0n) is 8.05. The Bertz CT molecular complexity index is 551. The third-order valence-corrected chi connectivity index (χ3v) is 3.48. The van der Waals surface area contributed by atoms with Crippen LogP contribution in [0, 0.1) is 0 Å². The van der Waals surface area contributed by atoms with Gasteiger partial charge in [-0.05, 0) is 29.7 Å². The van der Waals surface area contributed by atoms with Crippen LogP contribution in [-0.2, 0) is 0 Å². The molecule has 72 valence electrons. The molecule has 1 nitrogen and oxygen atoms in total. The van der Waals surface area contributed by atoms with E-state index in [1.54, 1.807) is 11.3 Å². The number of hydrogen-bond acceptors (Lipinski definition) is 2. The van der Waals surface area contributed by atoms with E-state index in [2.05, 4.69) is 35.3 Å². The molecule has 0 bridgehead atoms. The van der Waals surface area contributed by atoms with Crippen molar-refractivity contribution in [2.45, 2.75) is 0 Å². The molecule has 1 aromatic carbocycles. The maximum Gasteiger partial charge on any atom is 0.0802 e. The van der Waals surface area contributed by atoms with Crippen LogP contribution in [0.5, 0.6) is 0 Å². The molecule has 0 aliphatic rings. The molecule has 0 amide bonds. The van der Waals surface area contributed by atoms with Gasteiger partial charge in [0.25, 0.3) is 0 Å². The van der Waals surface area contributed by atoms with Crippen molar-refractivity contribution in [2.24, 2.45) is 0 Å². The Kier molecular flexibility index (Phi) is 2.00. The summed E-state index contributed by atoms with van der Waals surface area (Å²) in [5.41, 5.74) is 1.05. The average Bonchev–Trinajstić information content (AvgIpc) is 2.74. The summed E-state index contributed by atoms with van der Waals surface area (Å²) in [5, 5.41) is 1.29. The summed E-state index contributed by atoms with van der Waals surface area (Å²) in [6.07, 6.45) is 1.83. The second-order valence-electron chi connectivity index (χ2n) is 3.36. The fourth-order valence-corrected chi connectivity index (χ4v) is 2.66. The first-order valence-electron chi connectivity index (χ1n) is 4.83. The molecule has 0 atom stereocenters. The number of thiophene rings is 1. The molecular formula is C13H9NS. The fourth-order valence-electron chi connectivity index (χ4n) is 1.62. The molecule has 2 heteroatoms. The van der Waals surface area contributed by atoms with Crippen LogP contribution in [0.1, 0.15) is 0 Å². The molecule has 3 aromatic rings. The Morgan fingerprint density at radius 1 is 0.933 bits per heavy atom. The lowest BCUT2D eigenvalue weighted by atomic mass is 10.2. The maximum absolute atomic E-state index is 4.35. The van der Waals surface area contributed by atoms with Gasteiger partial charge in [-0.3, -0.25) is 4.98 Å². The first-order chi connectivity index (χ1) is 7.43. The molecule has 2 aromatic heterocycles. The standard InChI is InChI=1S/C13H9NS/c1-2-7-12-10(5-1)9-13(15-12)11-6-3-4-8-14-11/h1-9H. The van der Waals surface area contributed by atoms with Gasteiger partial charge in [0.1, 0.15) is 0 Å². The molecule has 0 N–H and O–H groups in total. The fraction of sp³-hybridized carbons (Fsp3) is 0. The van der Waals surface area contributed by atoms with Gasteiger partial charge in [0.2, 0.25) is 0 Å². The third kappa shape index (κ3) is 1.53. The van der Waals surface area contributed by atoms with E-state index in [9.17, 15) is 0 Å². The van der Waals surface area contributed by atoms with Crippen LogP contribution in [-0.4, -0.2) is 4.98 Å². The number of benzene rings is 1. The van der Waals surface area contributed by atoms with E-state index < -0.39 is 0 Å². The summed E-state index contributed by atoms with van der Waals surface area (Å²) in [6, 6.07) is 16.6. The van der Waals surface area contributed by atoms with E-state index in [1.807, 2.05) is 24.4 Å². The molecule has 0 aliphatic carbocycles. The van der Waals surface area contributed by atoms with Gasteiger partial charge in [-0.15, -0.1) is 11.3 Å². The number of rotatable bonds is 1. The van der Waals surface area contributed by atoms with Crippen LogP contribution in [0.2, 0.25) is 0 Å². The van der Waals surface area contributed by atoms with Crippen molar-refractivity contribution in [2.75, 3.05) is 0 Å². The quantitative estimate of drug-likeness (QED) is 0.593. The highest BCUT2D eigenvalue weighted by Gasteiger charge is 2.03. The van der Waals surface area contributed by atoms with Crippen molar-refractivity contribution in [3.8, 4) is 10.6 Å². The molecule has 0 radical (unpaired) electrons. The summed E-state index contributed by atoms with van der Waals surface area (Å²) < 4.78 is 1.32. The molecule has 0 saturated heterocycles. The van der Waals surface area contributed by atoms with Crippen molar-refractivity contribution >= 4 is 21.4 Å². The molecule has 0 aliphatic heterocycles. The van der Waals surface area contributed by atoms with Crippen LogP contribution in [0.25, 0.3) is 20.7 Å². The third-order valence-electron chi connectivity index (χ3n) is 2.34. The van der Waals surface area contributed by atoms with Crippen LogP contribution in [0.3, 0.4) is 0 Å². The monoisotopic (exact) mass is 211 g/mol. The Labute approximate surface area is 92.0 Å². The topological polar surface area (TPSA) is 12.9 Å². The molecule has 0 fully saturated rings.